The molecule has 1 aromatic heterocycles. The summed E-state index contributed by atoms with van der Waals surface area (Å²) in [7, 11) is 3.47. The van der Waals surface area contributed by atoms with E-state index in [-0.39, 0.29) is 5.91 Å². The molecule has 0 aliphatic heterocycles. The van der Waals surface area contributed by atoms with Crippen molar-refractivity contribution < 1.29 is 9.59 Å². The lowest BCUT2D eigenvalue weighted by atomic mass is 9.99. The molecule has 1 amide bonds. The zero-order valence-electron chi connectivity index (χ0n) is 19.3. The van der Waals surface area contributed by atoms with Crippen LogP contribution in [0.4, 0.5) is 0 Å². The summed E-state index contributed by atoms with van der Waals surface area (Å²) in [5.41, 5.74) is 3.49. The van der Waals surface area contributed by atoms with Gasteiger partial charge in [-0.25, -0.2) is 0 Å². The van der Waals surface area contributed by atoms with Gasteiger partial charge in [0.15, 0.2) is 6.29 Å². The van der Waals surface area contributed by atoms with Crippen molar-refractivity contribution in [2.24, 2.45) is 9.98 Å². The number of amidine groups is 1. The fraction of sp³-hybridized carbons (Fsp3) is 0.240. The van der Waals surface area contributed by atoms with Gasteiger partial charge >= 0.3 is 0 Å². The van der Waals surface area contributed by atoms with Gasteiger partial charge in [-0.1, -0.05) is 23.7 Å². The Kier molecular flexibility index (Phi) is 9.69. The molecule has 0 saturated carbocycles. The number of nitrogens with one attached hydrogen (secondary N) is 1. The molecule has 0 aliphatic carbocycles. The molecule has 0 aliphatic rings. The Hall–Kier alpha value is -3.58. The maximum Gasteiger partial charge on any atom is 0.269 e. The normalized spacial score (nSPS) is 12.3. The van der Waals surface area contributed by atoms with Crippen molar-refractivity contribution in [1.29, 1.82) is 0 Å². The number of hydrogen-bond acceptors (Lipinski definition) is 5. The Labute approximate surface area is 199 Å². The van der Waals surface area contributed by atoms with E-state index in [9.17, 15) is 9.59 Å². The van der Waals surface area contributed by atoms with E-state index in [0.717, 1.165) is 24.0 Å². The first kappa shape index (κ1) is 25.7. The average Bonchev–Trinajstić information content (AvgIpc) is 2.84. The lowest BCUT2D eigenvalue weighted by Gasteiger charge is -2.20. The minimum atomic E-state index is -0.275. The van der Waals surface area contributed by atoms with E-state index in [4.69, 9.17) is 11.6 Å². The molecule has 0 spiro atoms. The molecule has 172 valence electrons. The number of aliphatic imine (C=N–C) groups is 2. The predicted molar refractivity (Wildman–Crippen MR) is 136 cm³/mol. The number of halogens is 1. The van der Waals surface area contributed by atoms with Crippen LogP contribution in [0.1, 0.15) is 29.9 Å². The van der Waals surface area contributed by atoms with Crippen LogP contribution >= 0.6 is 11.6 Å². The van der Waals surface area contributed by atoms with E-state index in [2.05, 4.69) is 27.0 Å². The molecule has 0 saturated heterocycles. The molecule has 8 heteroatoms. The topological polar surface area (TPSA) is 87.0 Å². The highest BCUT2D eigenvalue weighted by atomic mass is 35.5. The van der Waals surface area contributed by atoms with Crippen molar-refractivity contribution in [3.8, 4) is 11.1 Å². The van der Waals surface area contributed by atoms with Crippen LogP contribution in [0, 0.1) is 0 Å². The Morgan fingerprint density at radius 1 is 1.24 bits per heavy atom. The van der Waals surface area contributed by atoms with Gasteiger partial charge in [0.05, 0.1) is 0 Å². The highest BCUT2D eigenvalue weighted by Gasteiger charge is 2.14. The fourth-order valence-corrected chi connectivity index (χ4v) is 3.41. The molecule has 1 heterocycles. The first-order valence-corrected chi connectivity index (χ1v) is 10.8. The van der Waals surface area contributed by atoms with Crippen molar-refractivity contribution in [1.82, 2.24) is 15.2 Å². The second kappa shape index (κ2) is 12.5. The number of nitrogens with zero attached hydrogens (tertiary/aromatic N) is 4. The number of hydrogen-bond donors (Lipinski definition) is 1. The molecule has 0 radical (unpaired) electrons. The van der Waals surface area contributed by atoms with Crippen molar-refractivity contribution in [2.75, 3.05) is 27.2 Å². The third-order valence-corrected chi connectivity index (χ3v) is 5.22. The van der Waals surface area contributed by atoms with Crippen molar-refractivity contribution in [2.45, 2.75) is 13.8 Å². The number of aromatic nitrogens is 1. The number of aldehydes is 1. The van der Waals surface area contributed by atoms with Gasteiger partial charge in [0.25, 0.3) is 5.91 Å². The molecule has 7 nitrogen and oxygen atoms in total. The van der Waals surface area contributed by atoms with Gasteiger partial charge in [-0.2, -0.15) is 0 Å². The number of allylic oxidation sites excluding steroid dienone is 1. The van der Waals surface area contributed by atoms with Gasteiger partial charge in [0.1, 0.15) is 11.5 Å². The van der Waals surface area contributed by atoms with E-state index in [1.54, 1.807) is 49.8 Å². The number of likely N-dealkylation sites (N-methyl/N-ethyl adjacent to an activating group) is 1. The summed E-state index contributed by atoms with van der Waals surface area (Å²) < 4.78 is 0. The molecule has 2 rings (SSSR count). The Morgan fingerprint density at radius 2 is 1.97 bits per heavy atom. The summed E-state index contributed by atoms with van der Waals surface area (Å²) in [6, 6.07) is 8.85. The molecular formula is C25H28ClN5O2. The highest BCUT2D eigenvalue weighted by molar-refractivity contribution is 6.34. The van der Waals surface area contributed by atoms with Crippen LogP contribution in [0.15, 0.2) is 64.4 Å². The van der Waals surface area contributed by atoms with Gasteiger partial charge < -0.3 is 10.2 Å². The first-order valence-electron chi connectivity index (χ1n) is 10.5. The second-order valence-corrected chi connectivity index (χ2v) is 7.41. The quantitative estimate of drug-likeness (QED) is 0.197. The molecule has 2 aromatic rings. The summed E-state index contributed by atoms with van der Waals surface area (Å²) in [6.07, 6.45) is 5.60. The number of benzene rings is 1. The second-order valence-electron chi connectivity index (χ2n) is 7.00. The van der Waals surface area contributed by atoms with Crippen LogP contribution in [-0.4, -0.2) is 61.8 Å². The van der Waals surface area contributed by atoms with Crippen LogP contribution in [0.25, 0.3) is 16.7 Å². The Bertz CT molecular complexity index is 1120. The van der Waals surface area contributed by atoms with Crippen molar-refractivity contribution >= 4 is 41.9 Å². The maximum absolute atomic E-state index is 12.0. The van der Waals surface area contributed by atoms with Gasteiger partial charge in [-0.15, -0.1) is 0 Å². The van der Waals surface area contributed by atoms with E-state index in [1.165, 1.54) is 0 Å². The number of amides is 1. The van der Waals surface area contributed by atoms with E-state index in [0.29, 0.717) is 39.8 Å². The highest BCUT2D eigenvalue weighted by Crippen LogP contribution is 2.30. The third kappa shape index (κ3) is 6.46. The maximum atomic E-state index is 12.0. The minimum Gasteiger partial charge on any atom is -0.360 e. The summed E-state index contributed by atoms with van der Waals surface area (Å²) >= 11 is 6.58. The van der Waals surface area contributed by atoms with Gasteiger partial charge in [-0.05, 0) is 56.0 Å². The first-order chi connectivity index (χ1) is 15.9. The summed E-state index contributed by atoms with van der Waals surface area (Å²) in [5, 5.41) is 2.95. The lowest BCUT2D eigenvalue weighted by molar-refractivity contribution is -0.103. The van der Waals surface area contributed by atoms with Gasteiger partial charge in [-0.3, -0.25) is 24.6 Å². The molecule has 0 atom stereocenters. The standard InChI is InChI=1S/C25H28ClN5O2/c1-6-29-24(31(5)7-2)19(15-27-3)12-20(16-32)21-9-8-17(13-22(21)26)18-10-11-30-23(14-18)25(33)28-4/h8-16H,3,6-7H2,1-2,4-5H3,(H,28,33)/b19-15-,20-12+,29-24?. The van der Waals surface area contributed by atoms with Crippen LogP contribution in [0.3, 0.4) is 0 Å². The van der Waals surface area contributed by atoms with Crippen LogP contribution in [-0.2, 0) is 4.79 Å². The van der Waals surface area contributed by atoms with E-state index < -0.39 is 0 Å². The summed E-state index contributed by atoms with van der Waals surface area (Å²) in [4.78, 5) is 38.4. The zero-order chi connectivity index (χ0) is 24.4. The molecule has 0 fully saturated rings. The van der Waals surface area contributed by atoms with Gasteiger partial charge in [0, 0.05) is 61.3 Å². The van der Waals surface area contributed by atoms with Crippen molar-refractivity contribution in [3.63, 3.8) is 0 Å². The van der Waals surface area contributed by atoms with Crippen LogP contribution in [0.2, 0.25) is 5.02 Å². The Balaban J connectivity index is 2.52. The zero-order valence-corrected chi connectivity index (χ0v) is 20.1. The van der Waals surface area contributed by atoms with E-state index in [1.807, 2.05) is 31.9 Å². The lowest BCUT2D eigenvalue weighted by Crippen LogP contribution is -2.28. The molecular weight excluding hydrogens is 438 g/mol. The molecule has 0 unspecified atom stereocenters. The SMILES string of the molecule is C=N/C=C(/C=C(\C=O)c1ccc(-c2ccnc(C(=O)NC)c2)cc1Cl)C(=NCC)N(C)CC. The monoisotopic (exact) mass is 465 g/mol. The molecule has 1 aromatic carbocycles. The van der Waals surface area contributed by atoms with Crippen LogP contribution < -0.4 is 5.32 Å². The van der Waals surface area contributed by atoms with Crippen LogP contribution in [0.5, 0.6) is 0 Å². The molecule has 0 bridgehead atoms. The minimum absolute atomic E-state index is 0.275. The number of carbonyl (C=O) groups is 2. The predicted octanol–water partition coefficient (Wildman–Crippen LogP) is 4.30. The largest absolute Gasteiger partial charge is 0.360 e. The fourth-order valence-electron chi connectivity index (χ4n) is 3.12. The smallest absolute Gasteiger partial charge is 0.269 e. The number of pyridine rings is 1. The van der Waals surface area contributed by atoms with Crippen molar-refractivity contribution in [3.05, 3.63) is 70.7 Å². The third-order valence-electron chi connectivity index (χ3n) is 4.90. The average molecular weight is 466 g/mol. The van der Waals surface area contributed by atoms with E-state index >= 15 is 0 Å². The van der Waals surface area contributed by atoms with Gasteiger partial charge in [0.2, 0.25) is 0 Å². The summed E-state index contributed by atoms with van der Waals surface area (Å²) in [5.74, 6) is 0.431. The molecule has 1 N–H and O–H groups in total. The summed E-state index contributed by atoms with van der Waals surface area (Å²) in [6.45, 7) is 8.81. The molecule has 33 heavy (non-hydrogen) atoms. The number of rotatable bonds is 9. The number of carbonyl (C=O) groups excluding carboxylic acids is 2. The Morgan fingerprint density at radius 3 is 2.55 bits per heavy atom.